The molecule has 0 aliphatic carbocycles. The molecule has 0 saturated carbocycles. The van der Waals surface area contributed by atoms with Crippen molar-refractivity contribution in [1.29, 1.82) is 0 Å². The quantitative estimate of drug-likeness (QED) is 0.714. The lowest BCUT2D eigenvalue weighted by molar-refractivity contribution is -0.140. The number of sulfonamides is 1. The number of rotatable bonds is 4. The summed E-state index contributed by atoms with van der Waals surface area (Å²) in [6.45, 7) is 1.49. The second kappa shape index (κ2) is 7.06. The average Bonchev–Trinajstić information content (AvgIpc) is 3.25. The highest BCUT2D eigenvalue weighted by Gasteiger charge is 2.35. The predicted molar refractivity (Wildman–Crippen MR) is 103 cm³/mol. The van der Waals surface area contributed by atoms with Crippen LogP contribution < -0.4 is 4.72 Å². The van der Waals surface area contributed by atoms with Gasteiger partial charge in [-0.05, 0) is 35.9 Å². The Hall–Kier alpha value is -2.53. The van der Waals surface area contributed by atoms with Gasteiger partial charge in [0.2, 0.25) is 0 Å². The van der Waals surface area contributed by atoms with Crippen molar-refractivity contribution in [3.05, 3.63) is 64.8 Å². The first-order valence-corrected chi connectivity index (χ1v) is 10.7. The minimum Gasteiger partial charge on any atom is -0.318 e. The molecule has 2 aliphatic heterocycles. The van der Waals surface area contributed by atoms with E-state index < -0.39 is 32.5 Å². The zero-order valence-corrected chi connectivity index (χ0v) is 16.2. The highest BCUT2D eigenvalue weighted by atomic mass is 32.2. The second-order valence-electron chi connectivity index (χ2n) is 6.26. The smallest absolute Gasteiger partial charge is 0.318 e. The van der Waals surface area contributed by atoms with Crippen LogP contribution in [0.3, 0.4) is 0 Å². The van der Waals surface area contributed by atoms with E-state index in [9.17, 15) is 26.0 Å². The van der Waals surface area contributed by atoms with Gasteiger partial charge in [0.1, 0.15) is 5.82 Å². The van der Waals surface area contributed by atoms with Gasteiger partial charge in [0.15, 0.2) is 5.17 Å². The van der Waals surface area contributed by atoms with E-state index in [4.69, 9.17) is 0 Å². The summed E-state index contributed by atoms with van der Waals surface area (Å²) < 4.78 is 79.1. The van der Waals surface area contributed by atoms with E-state index in [2.05, 4.69) is 14.6 Å². The fourth-order valence-corrected chi connectivity index (χ4v) is 5.01. The number of nitrogens with one attached hydrogen (secondary N) is 1. The summed E-state index contributed by atoms with van der Waals surface area (Å²) in [4.78, 5) is 5.74. The first-order valence-electron chi connectivity index (χ1n) is 8.34. The molecule has 4 rings (SSSR count). The first kappa shape index (κ1) is 19.8. The van der Waals surface area contributed by atoms with Crippen molar-refractivity contribution >= 4 is 38.3 Å². The fraction of sp³-hybridized carbons (Fsp3) is 0.167. The molecule has 0 atom stereocenters. The van der Waals surface area contributed by atoms with E-state index in [0.717, 1.165) is 35.6 Å². The molecule has 1 N–H and O–H groups in total. The Balaban J connectivity index is 1.55. The zero-order valence-electron chi connectivity index (χ0n) is 14.6. The molecule has 0 aromatic heterocycles. The third-order valence-electron chi connectivity index (χ3n) is 4.35. The standard InChI is InChI=1S/C18H13F4N3O2S2/c19-15-6-5-13(9-14(15)18(20,21)22)29(26,27)24-12-3-1-11(2-4-12)16-10-28-17-23-7-8-25(16)17/h1-6,9-10,24H,7-8H2. The van der Waals surface area contributed by atoms with Crippen LogP contribution in [0.2, 0.25) is 0 Å². The zero-order chi connectivity index (χ0) is 20.8. The molecule has 11 heteroatoms. The van der Waals surface area contributed by atoms with E-state index in [1.165, 1.54) is 23.9 Å². The number of benzene rings is 2. The number of halogens is 4. The summed E-state index contributed by atoms with van der Waals surface area (Å²) in [6, 6.07) is 7.99. The van der Waals surface area contributed by atoms with Crippen LogP contribution in [0.5, 0.6) is 0 Å². The summed E-state index contributed by atoms with van der Waals surface area (Å²) in [5, 5.41) is 2.87. The van der Waals surface area contributed by atoms with Crippen molar-refractivity contribution in [3.63, 3.8) is 0 Å². The van der Waals surface area contributed by atoms with Gasteiger partial charge in [0.05, 0.1) is 22.7 Å². The normalized spacial score (nSPS) is 16.5. The summed E-state index contributed by atoms with van der Waals surface area (Å²) >= 11 is 1.51. The summed E-state index contributed by atoms with van der Waals surface area (Å²) in [6.07, 6.45) is -5.00. The van der Waals surface area contributed by atoms with Crippen molar-refractivity contribution in [2.45, 2.75) is 11.1 Å². The lowest BCUT2D eigenvalue weighted by Gasteiger charge is -2.17. The lowest BCUT2D eigenvalue weighted by Crippen LogP contribution is -2.19. The monoisotopic (exact) mass is 443 g/mol. The van der Waals surface area contributed by atoms with E-state index >= 15 is 0 Å². The number of thioether (sulfide) groups is 1. The second-order valence-corrected chi connectivity index (χ2v) is 8.78. The predicted octanol–water partition coefficient (Wildman–Crippen LogP) is 4.36. The Kier molecular flexibility index (Phi) is 4.82. The highest BCUT2D eigenvalue weighted by Crippen LogP contribution is 2.36. The minimum atomic E-state index is -5.00. The molecule has 0 saturated heterocycles. The summed E-state index contributed by atoms with van der Waals surface area (Å²) in [5.41, 5.74) is 0.348. The maximum atomic E-state index is 13.4. The van der Waals surface area contributed by atoms with Crippen LogP contribution in [0.25, 0.3) is 5.70 Å². The number of hydrogen-bond donors (Lipinski definition) is 1. The Bertz CT molecular complexity index is 1130. The van der Waals surface area contributed by atoms with Crippen molar-refractivity contribution in [3.8, 4) is 0 Å². The van der Waals surface area contributed by atoms with Crippen LogP contribution in [-0.4, -0.2) is 31.6 Å². The molecular weight excluding hydrogens is 430 g/mol. The molecule has 2 aliphatic rings. The van der Waals surface area contributed by atoms with Crippen LogP contribution >= 0.6 is 11.8 Å². The van der Waals surface area contributed by atoms with Gasteiger partial charge < -0.3 is 4.90 Å². The third kappa shape index (κ3) is 3.84. The molecule has 0 unspecified atom stereocenters. The van der Waals surface area contributed by atoms with Crippen LogP contribution in [-0.2, 0) is 16.2 Å². The topological polar surface area (TPSA) is 61.8 Å². The largest absolute Gasteiger partial charge is 0.419 e. The van der Waals surface area contributed by atoms with Crippen molar-refractivity contribution in [2.75, 3.05) is 17.8 Å². The highest BCUT2D eigenvalue weighted by molar-refractivity contribution is 8.16. The van der Waals surface area contributed by atoms with Crippen LogP contribution in [0.4, 0.5) is 23.2 Å². The molecule has 2 aromatic carbocycles. The number of aliphatic imine (C=N–C) groups is 1. The van der Waals surface area contributed by atoms with Crippen molar-refractivity contribution in [1.82, 2.24) is 4.90 Å². The van der Waals surface area contributed by atoms with Crippen LogP contribution in [0, 0.1) is 5.82 Å². The van der Waals surface area contributed by atoms with E-state index in [1.807, 2.05) is 5.41 Å². The molecular formula is C18H13F4N3O2S2. The van der Waals surface area contributed by atoms with Gasteiger partial charge in [-0.15, -0.1) is 0 Å². The summed E-state index contributed by atoms with van der Waals surface area (Å²) in [7, 11) is -4.32. The molecule has 0 amide bonds. The Labute approximate surface area is 168 Å². The molecule has 5 nitrogen and oxygen atoms in total. The lowest BCUT2D eigenvalue weighted by atomic mass is 10.1. The van der Waals surface area contributed by atoms with Gasteiger partial charge in [0.25, 0.3) is 10.0 Å². The number of nitrogens with zero attached hydrogens (tertiary/aromatic N) is 2. The molecule has 0 radical (unpaired) electrons. The molecule has 29 heavy (non-hydrogen) atoms. The maximum absolute atomic E-state index is 13.4. The van der Waals surface area contributed by atoms with Crippen molar-refractivity contribution < 1.29 is 26.0 Å². The number of amidine groups is 1. The number of fused-ring (bicyclic) bond motifs is 1. The van der Waals surface area contributed by atoms with Gasteiger partial charge >= 0.3 is 6.18 Å². The van der Waals surface area contributed by atoms with E-state index in [1.54, 1.807) is 12.1 Å². The van der Waals surface area contributed by atoms with Crippen molar-refractivity contribution in [2.24, 2.45) is 4.99 Å². The molecule has 2 heterocycles. The van der Waals surface area contributed by atoms with Gasteiger partial charge in [-0.1, -0.05) is 23.9 Å². The summed E-state index contributed by atoms with van der Waals surface area (Å²) in [5.74, 6) is -1.53. The SMILES string of the molecule is O=S(=O)(Nc1ccc(C2=CSC3=NCCN23)cc1)c1ccc(F)c(C(F)(F)F)c1. The third-order valence-corrected chi connectivity index (χ3v) is 6.64. The minimum absolute atomic E-state index is 0.174. The Morgan fingerprint density at radius 3 is 2.52 bits per heavy atom. The van der Waals surface area contributed by atoms with Gasteiger partial charge in [-0.2, -0.15) is 13.2 Å². The molecule has 2 aromatic rings. The van der Waals surface area contributed by atoms with Gasteiger partial charge in [0, 0.05) is 17.6 Å². The first-order chi connectivity index (χ1) is 13.6. The molecule has 0 spiro atoms. The van der Waals surface area contributed by atoms with E-state index in [-0.39, 0.29) is 11.8 Å². The maximum Gasteiger partial charge on any atom is 0.419 e. The Morgan fingerprint density at radius 2 is 1.83 bits per heavy atom. The van der Waals surface area contributed by atoms with E-state index in [0.29, 0.717) is 6.07 Å². The van der Waals surface area contributed by atoms with Crippen LogP contribution in [0.15, 0.2) is 57.8 Å². The molecule has 0 fully saturated rings. The molecule has 152 valence electrons. The molecule has 0 bridgehead atoms. The average molecular weight is 443 g/mol. The Morgan fingerprint density at radius 1 is 1.10 bits per heavy atom. The number of anilines is 1. The fourth-order valence-electron chi connectivity index (χ4n) is 2.96. The number of hydrogen-bond acceptors (Lipinski definition) is 5. The van der Waals surface area contributed by atoms with Crippen LogP contribution in [0.1, 0.15) is 11.1 Å². The van der Waals surface area contributed by atoms with Gasteiger partial charge in [-0.3, -0.25) is 9.71 Å². The van der Waals surface area contributed by atoms with Gasteiger partial charge in [-0.25, -0.2) is 12.8 Å². The number of alkyl halides is 3.